The lowest BCUT2D eigenvalue weighted by Crippen LogP contribution is -2.30. The number of Topliss-reactive ketones (excluding diaryl/α,β-unsaturated/α-hetero) is 2. The Balaban J connectivity index is 3.63. The number of carbonyl (C=O) groups excluding carboxylic acids is 2. The molecule has 2 unspecified atom stereocenters. The predicted molar refractivity (Wildman–Crippen MR) is 94.9 cm³/mol. The van der Waals surface area contributed by atoms with Gasteiger partial charge in [-0.05, 0) is 51.6 Å². The lowest BCUT2D eigenvalue weighted by molar-refractivity contribution is -0.120. The summed E-state index contributed by atoms with van der Waals surface area (Å²) in [5.41, 5.74) is 22.5. The third kappa shape index (κ3) is 12.3. The Kier molecular flexibility index (Phi) is 14.2. The number of unbranched alkanes of at least 4 members (excludes halogenated alkanes) is 4. The quantitative estimate of drug-likeness (QED) is 0.312. The Morgan fingerprint density at radius 3 is 1.35 bits per heavy atom. The summed E-state index contributed by atoms with van der Waals surface area (Å²) in [6, 6.07) is -0.724. The van der Waals surface area contributed by atoms with Gasteiger partial charge in [-0.15, -0.1) is 0 Å². The summed E-state index contributed by atoms with van der Waals surface area (Å²) < 4.78 is 0. The largest absolute Gasteiger partial charge is 0.330 e. The average Bonchev–Trinajstić information content (AvgIpc) is 2.54. The topological polar surface area (TPSA) is 138 Å². The summed E-state index contributed by atoms with van der Waals surface area (Å²) in [5, 5.41) is 0. The molecule has 0 bridgehead atoms. The van der Waals surface area contributed by atoms with Crippen LogP contribution in [0.5, 0.6) is 0 Å². The first-order valence-corrected chi connectivity index (χ1v) is 8.99. The molecule has 0 fully saturated rings. The molecular formula is C17H36N4O2. The van der Waals surface area contributed by atoms with Crippen molar-refractivity contribution in [2.45, 2.75) is 82.7 Å². The van der Waals surface area contributed by atoms with Crippen molar-refractivity contribution in [3.05, 3.63) is 0 Å². The van der Waals surface area contributed by atoms with Crippen LogP contribution in [0.15, 0.2) is 0 Å². The molecule has 0 aromatic heterocycles. The average molecular weight is 329 g/mol. The highest BCUT2D eigenvalue weighted by Crippen LogP contribution is 2.09. The molecule has 6 heteroatoms. The Labute approximate surface area is 140 Å². The number of nitrogens with two attached hydrogens (primary N) is 4. The summed E-state index contributed by atoms with van der Waals surface area (Å²) in [5.74, 6) is 0.235. The van der Waals surface area contributed by atoms with Crippen LogP contribution in [-0.2, 0) is 9.59 Å². The minimum absolute atomic E-state index is 0.117. The summed E-state index contributed by atoms with van der Waals surface area (Å²) in [4.78, 5) is 23.7. The minimum atomic E-state index is -0.362. The molecule has 0 radical (unpaired) electrons. The molecule has 0 aromatic carbocycles. The maximum absolute atomic E-state index is 11.8. The van der Waals surface area contributed by atoms with Gasteiger partial charge < -0.3 is 22.9 Å². The van der Waals surface area contributed by atoms with Gasteiger partial charge in [0.15, 0.2) is 0 Å². The highest BCUT2D eigenvalue weighted by molar-refractivity contribution is 5.84. The van der Waals surface area contributed by atoms with Gasteiger partial charge in [-0.2, -0.15) is 0 Å². The SMILES string of the molecule is NCCCCC(N)C(=O)CCCCCC(=O)C(N)CCCCN. The molecule has 0 aliphatic rings. The van der Waals surface area contributed by atoms with Crippen LogP contribution in [0.2, 0.25) is 0 Å². The normalized spacial score (nSPS) is 13.7. The summed E-state index contributed by atoms with van der Waals surface area (Å²) >= 11 is 0. The first-order valence-electron chi connectivity index (χ1n) is 8.99. The van der Waals surface area contributed by atoms with Gasteiger partial charge in [0.1, 0.15) is 11.6 Å². The molecule has 0 spiro atoms. The van der Waals surface area contributed by atoms with Crippen molar-refractivity contribution in [2.24, 2.45) is 22.9 Å². The van der Waals surface area contributed by atoms with Gasteiger partial charge in [0, 0.05) is 12.8 Å². The van der Waals surface area contributed by atoms with Gasteiger partial charge in [0.25, 0.3) is 0 Å². The second kappa shape index (κ2) is 14.8. The van der Waals surface area contributed by atoms with Crippen molar-refractivity contribution in [2.75, 3.05) is 13.1 Å². The zero-order valence-electron chi connectivity index (χ0n) is 14.5. The molecule has 0 saturated carbocycles. The summed E-state index contributed by atoms with van der Waals surface area (Å²) in [7, 11) is 0. The molecule has 2 atom stereocenters. The summed E-state index contributed by atoms with van der Waals surface area (Å²) in [6.45, 7) is 1.28. The maximum Gasteiger partial charge on any atom is 0.149 e. The van der Waals surface area contributed by atoms with Gasteiger partial charge in [-0.1, -0.05) is 19.3 Å². The molecule has 136 valence electrons. The van der Waals surface area contributed by atoms with Crippen LogP contribution in [0.3, 0.4) is 0 Å². The first-order chi connectivity index (χ1) is 11.0. The molecule has 0 rings (SSSR count). The third-order valence-corrected chi connectivity index (χ3v) is 4.11. The molecule has 0 amide bonds. The monoisotopic (exact) mass is 328 g/mol. The zero-order valence-corrected chi connectivity index (χ0v) is 14.5. The third-order valence-electron chi connectivity index (χ3n) is 4.11. The van der Waals surface area contributed by atoms with Crippen LogP contribution in [0.1, 0.15) is 70.6 Å². The van der Waals surface area contributed by atoms with E-state index in [1.165, 1.54) is 0 Å². The number of ketones is 2. The van der Waals surface area contributed by atoms with E-state index in [-0.39, 0.29) is 23.7 Å². The Morgan fingerprint density at radius 2 is 1.00 bits per heavy atom. The highest BCUT2D eigenvalue weighted by atomic mass is 16.1. The van der Waals surface area contributed by atoms with E-state index < -0.39 is 0 Å². The van der Waals surface area contributed by atoms with Crippen molar-refractivity contribution < 1.29 is 9.59 Å². The fourth-order valence-electron chi connectivity index (χ4n) is 2.49. The lowest BCUT2D eigenvalue weighted by Gasteiger charge is -2.11. The van der Waals surface area contributed by atoms with Gasteiger partial charge in [-0.25, -0.2) is 0 Å². The second-order valence-corrected chi connectivity index (χ2v) is 6.28. The van der Waals surface area contributed by atoms with Gasteiger partial charge >= 0.3 is 0 Å². The van der Waals surface area contributed by atoms with Crippen molar-refractivity contribution >= 4 is 11.6 Å². The van der Waals surface area contributed by atoms with Crippen LogP contribution >= 0.6 is 0 Å². The Morgan fingerprint density at radius 1 is 0.609 bits per heavy atom. The number of hydrogen-bond acceptors (Lipinski definition) is 6. The Hall–Kier alpha value is -0.820. The van der Waals surface area contributed by atoms with Crippen molar-refractivity contribution in [3.63, 3.8) is 0 Å². The van der Waals surface area contributed by atoms with E-state index in [0.717, 1.165) is 44.9 Å². The van der Waals surface area contributed by atoms with Crippen LogP contribution in [0.25, 0.3) is 0 Å². The fourth-order valence-corrected chi connectivity index (χ4v) is 2.49. The van der Waals surface area contributed by atoms with Crippen molar-refractivity contribution in [1.29, 1.82) is 0 Å². The fraction of sp³-hybridized carbons (Fsp3) is 0.882. The van der Waals surface area contributed by atoms with Crippen LogP contribution < -0.4 is 22.9 Å². The van der Waals surface area contributed by atoms with Gasteiger partial charge in [0.2, 0.25) is 0 Å². The first kappa shape index (κ1) is 22.2. The zero-order chi connectivity index (χ0) is 17.5. The molecule has 0 aliphatic heterocycles. The van der Waals surface area contributed by atoms with E-state index in [0.29, 0.717) is 38.8 Å². The molecule has 6 nitrogen and oxygen atoms in total. The van der Waals surface area contributed by atoms with E-state index in [1.54, 1.807) is 0 Å². The van der Waals surface area contributed by atoms with E-state index in [4.69, 9.17) is 22.9 Å². The van der Waals surface area contributed by atoms with Crippen LogP contribution in [0.4, 0.5) is 0 Å². The van der Waals surface area contributed by atoms with E-state index in [2.05, 4.69) is 0 Å². The van der Waals surface area contributed by atoms with E-state index >= 15 is 0 Å². The molecule has 8 N–H and O–H groups in total. The van der Waals surface area contributed by atoms with E-state index in [9.17, 15) is 9.59 Å². The predicted octanol–water partition coefficient (Wildman–Crippen LogP) is 0.988. The summed E-state index contributed by atoms with van der Waals surface area (Å²) in [6.07, 6.45) is 8.50. The molecule has 0 aromatic rings. The van der Waals surface area contributed by atoms with Crippen molar-refractivity contribution in [3.8, 4) is 0 Å². The molecule has 0 saturated heterocycles. The number of rotatable bonds is 16. The van der Waals surface area contributed by atoms with Crippen LogP contribution in [0, 0.1) is 0 Å². The maximum atomic E-state index is 11.8. The second-order valence-electron chi connectivity index (χ2n) is 6.28. The van der Waals surface area contributed by atoms with Gasteiger partial charge in [-0.3, -0.25) is 9.59 Å². The highest BCUT2D eigenvalue weighted by Gasteiger charge is 2.14. The van der Waals surface area contributed by atoms with E-state index in [1.807, 2.05) is 0 Å². The molecular weight excluding hydrogens is 292 g/mol. The number of carbonyl (C=O) groups is 2. The Bertz CT molecular complexity index is 294. The van der Waals surface area contributed by atoms with Crippen LogP contribution in [-0.4, -0.2) is 36.7 Å². The number of hydrogen-bond donors (Lipinski definition) is 4. The molecule has 0 aliphatic carbocycles. The lowest BCUT2D eigenvalue weighted by atomic mass is 9.99. The van der Waals surface area contributed by atoms with Crippen molar-refractivity contribution in [1.82, 2.24) is 0 Å². The minimum Gasteiger partial charge on any atom is -0.330 e. The smallest absolute Gasteiger partial charge is 0.149 e. The standard InChI is InChI=1S/C17H36N4O2/c18-12-6-4-8-14(20)16(22)10-2-1-3-11-17(23)15(21)9-5-7-13-19/h14-15H,1-13,18-21H2. The molecule has 23 heavy (non-hydrogen) atoms. The van der Waals surface area contributed by atoms with Gasteiger partial charge in [0.05, 0.1) is 12.1 Å². The molecule has 0 heterocycles.